The Hall–Kier alpha value is -3.43. The summed E-state index contributed by atoms with van der Waals surface area (Å²) < 4.78 is 7.55. The molecule has 35 heavy (non-hydrogen) atoms. The van der Waals surface area contributed by atoms with Crippen LogP contribution in [0.4, 0.5) is 22.2 Å². The van der Waals surface area contributed by atoms with Gasteiger partial charge in [0.25, 0.3) is 0 Å². The zero-order valence-corrected chi connectivity index (χ0v) is 20.8. The molecule has 3 aromatic heterocycles. The fourth-order valence-electron chi connectivity index (χ4n) is 4.72. The number of anilines is 3. The third kappa shape index (κ3) is 5.47. The van der Waals surface area contributed by atoms with Crippen LogP contribution in [-0.2, 0) is 4.74 Å². The molecule has 0 radical (unpaired) electrons. The summed E-state index contributed by atoms with van der Waals surface area (Å²) in [4.78, 5) is 30.0. The van der Waals surface area contributed by atoms with Crippen molar-refractivity contribution in [1.29, 1.82) is 0 Å². The van der Waals surface area contributed by atoms with Gasteiger partial charge in [0.2, 0.25) is 5.95 Å². The molecule has 10 heteroatoms. The molecule has 5 rings (SSSR count). The lowest BCUT2D eigenvalue weighted by Gasteiger charge is -2.36. The van der Waals surface area contributed by atoms with Gasteiger partial charge >= 0.3 is 6.09 Å². The van der Waals surface area contributed by atoms with Gasteiger partial charge in [0.1, 0.15) is 11.4 Å². The summed E-state index contributed by atoms with van der Waals surface area (Å²) in [6.07, 6.45) is 11.4. The number of aromatic nitrogens is 5. The predicted octanol–water partition coefficient (Wildman–Crippen LogP) is 4.53. The van der Waals surface area contributed by atoms with E-state index in [1.807, 2.05) is 51.5 Å². The van der Waals surface area contributed by atoms with Crippen molar-refractivity contribution in [2.45, 2.75) is 64.5 Å². The molecule has 2 fully saturated rings. The topological polar surface area (TPSA) is 101 Å². The Labute approximate surface area is 205 Å². The minimum absolute atomic E-state index is 0.253. The van der Waals surface area contributed by atoms with Crippen LogP contribution in [0.3, 0.4) is 0 Å². The van der Waals surface area contributed by atoms with Crippen LogP contribution in [0.15, 0.2) is 30.7 Å². The SMILES string of the molecule is CC(C)(C)OC(=O)N1CCN(c2ccc(Nc3ncc4cnn(C5CCCCC5)c4n3)nc2)CC1. The summed E-state index contributed by atoms with van der Waals surface area (Å²) in [5.41, 5.74) is 1.41. The van der Waals surface area contributed by atoms with Gasteiger partial charge < -0.3 is 19.9 Å². The highest BCUT2D eigenvalue weighted by atomic mass is 16.6. The van der Waals surface area contributed by atoms with Crippen molar-refractivity contribution in [3.05, 3.63) is 30.7 Å². The number of rotatable bonds is 4. The van der Waals surface area contributed by atoms with Gasteiger partial charge in [0.15, 0.2) is 5.65 Å². The average Bonchev–Trinajstić information content (AvgIpc) is 3.27. The largest absolute Gasteiger partial charge is 0.444 e. The van der Waals surface area contributed by atoms with Crippen molar-refractivity contribution in [3.63, 3.8) is 0 Å². The fourth-order valence-corrected chi connectivity index (χ4v) is 4.72. The van der Waals surface area contributed by atoms with Crippen LogP contribution in [0.2, 0.25) is 0 Å². The van der Waals surface area contributed by atoms with Crippen LogP contribution in [0.1, 0.15) is 58.9 Å². The van der Waals surface area contributed by atoms with E-state index in [0.29, 0.717) is 30.9 Å². The first-order valence-electron chi connectivity index (χ1n) is 12.5. The highest BCUT2D eigenvalue weighted by molar-refractivity contribution is 5.75. The van der Waals surface area contributed by atoms with Crippen LogP contribution in [0.5, 0.6) is 0 Å². The van der Waals surface area contributed by atoms with Gasteiger partial charge in [-0.3, -0.25) is 0 Å². The molecule has 0 bridgehead atoms. The molecule has 1 saturated heterocycles. The third-order valence-corrected chi connectivity index (χ3v) is 6.54. The van der Waals surface area contributed by atoms with Crippen LogP contribution in [0, 0.1) is 0 Å². The quantitative estimate of drug-likeness (QED) is 0.584. The van der Waals surface area contributed by atoms with E-state index < -0.39 is 5.60 Å². The normalized spacial score (nSPS) is 17.6. The van der Waals surface area contributed by atoms with Gasteiger partial charge in [0.05, 0.1) is 29.5 Å². The van der Waals surface area contributed by atoms with Gasteiger partial charge in [-0.1, -0.05) is 19.3 Å². The Balaban J connectivity index is 1.21. The molecule has 186 valence electrons. The van der Waals surface area contributed by atoms with E-state index in [1.54, 1.807) is 4.90 Å². The zero-order chi connectivity index (χ0) is 24.4. The van der Waals surface area contributed by atoms with Crippen LogP contribution in [0.25, 0.3) is 11.0 Å². The minimum atomic E-state index is -0.481. The number of carbonyl (C=O) groups is 1. The summed E-state index contributed by atoms with van der Waals surface area (Å²) in [6, 6.07) is 4.38. The van der Waals surface area contributed by atoms with Crippen molar-refractivity contribution < 1.29 is 9.53 Å². The Kier molecular flexibility index (Phi) is 6.44. The summed E-state index contributed by atoms with van der Waals surface area (Å²) in [6.45, 7) is 8.37. The van der Waals surface area contributed by atoms with E-state index in [1.165, 1.54) is 19.3 Å². The zero-order valence-electron chi connectivity index (χ0n) is 20.8. The average molecular weight is 479 g/mol. The molecule has 4 heterocycles. The number of pyridine rings is 1. The summed E-state index contributed by atoms with van der Waals surface area (Å²) in [5.74, 6) is 1.20. The number of hydrogen-bond donors (Lipinski definition) is 1. The maximum absolute atomic E-state index is 12.3. The smallest absolute Gasteiger partial charge is 0.410 e. The molecule has 1 aliphatic heterocycles. The van der Waals surface area contributed by atoms with E-state index >= 15 is 0 Å². The van der Waals surface area contributed by atoms with Crippen LogP contribution < -0.4 is 10.2 Å². The highest BCUT2D eigenvalue weighted by Crippen LogP contribution is 2.30. The monoisotopic (exact) mass is 478 g/mol. The first-order chi connectivity index (χ1) is 16.9. The number of amides is 1. The highest BCUT2D eigenvalue weighted by Gasteiger charge is 2.26. The van der Waals surface area contributed by atoms with Crippen LogP contribution >= 0.6 is 0 Å². The molecular weight excluding hydrogens is 444 g/mol. The number of nitrogens with one attached hydrogen (secondary N) is 1. The van der Waals surface area contributed by atoms with E-state index in [0.717, 1.165) is 42.7 Å². The van der Waals surface area contributed by atoms with Crippen molar-refractivity contribution in [1.82, 2.24) is 29.6 Å². The maximum atomic E-state index is 12.3. The number of hydrogen-bond acceptors (Lipinski definition) is 8. The minimum Gasteiger partial charge on any atom is -0.444 e. The van der Waals surface area contributed by atoms with Gasteiger partial charge in [-0.25, -0.2) is 19.4 Å². The van der Waals surface area contributed by atoms with E-state index in [-0.39, 0.29) is 6.09 Å². The summed E-state index contributed by atoms with van der Waals surface area (Å²) in [5, 5.41) is 8.78. The second-order valence-corrected chi connectivity index (χ2v) is 10.3. The van der Waals surface area contributed by atoms with E-state index in [2.05, 4.69) is 30.0 Å². The predicted molar refractivity (Wildman–Crippen MR) is 135 cm³/mol. The molecule has 0 aromatic carbocycles. The first-order valence-corrected chi connectivity index (χ1v) is 12.5. The Morgan fingerprint density at radius 2 is 1.77 bits per heavy atom. The molecule has 3 aromatic rings. The number of nitrogens with zero attached hydrogens (tertiary/aromatic N) is 7. The standard InChI is InChI=1S/C25H34N8O2/c1-25(2,3)35-24(34)32-13-11-31(12-14-32)20-9-10-21(26-17-20)29-23-27-15-18-16-28-33(22(18)30-23)19-7-5-4-6-8-19/h9-10,15-17,19H,4-8,11-14H2,1-3H3,(H,26,27,29,30). The van der Waals surface area contributed by atoms with E-state index in [4.69, 9.17) is 9.72 Å². The fraction of sp³-hybridized carbons (Fsp3) is 0.560. The number of fused-ring (bicyclic) bond motifs is 1. The maximum Gasteiger partial charge on any atom is 0.410 e. The Morgan fingerprint density at radius 1 is 1.00 bits per heavy atom. The molecule has 1 saturated carbocycles. The molecule has 1 amide bonds. The number of carbonyl (C=O) groups excluding carboxylic acids is 1. The summed E-state index contributed by atoms with van der Waals surface area (Å²) in [7, 11) is 0. The Bertz CT molecular complexity index is 1160. The van der Waals surface area contributed by atoms with E-state index in [9.17, 15) is 4.79 Å². The molecule has 0 atom stereocenters. The van der Waals surface area contributed by atoms with Gasteiger partial charge in [0, 0.05) is 32.4 Å². The second-order valence-electron chi connectivity index (χ2n) is 10.3. The first kappa shape index (κ1) is 23.3. The van der Waals surface area contributed by atoms with Crippen molar-refractivity contribution in [2.75, 3.05) is 36.4 Å². The molecule has 0 spiro atoms. The molecule has 1 N–H and O–H groups in total. The Morgan fingerprint density at radius 3 is 2.46 bits per heavy atom. The molecule has 2 aliphatic rings. The molecular formula is C25H34N8O2. The molecule has 0 unspecified atom stereocenters. The second kappa shape index (κ2) is 9.67. The lowest BCUT2D eigenvalue weighted by atomic mass is 9.96. The number of piperazine rings is 1. The van der Waals surface area contributed by atoms with Crippen molar-refractivity contribution in [2.24, 2.45) is 0 Å². The van der Waals surface area contributed by atoms with Gasteiger partial charge in [-0.05, 0) is 45.7 Å². The number of ether oxygens (including phenoxy) is 1. The third-order valence-electron chi connectivity index (χ3n) is 6.54. The van der Waals surface area contributed by atoms with Gasteiger partial charge in [-0.15, -0.1) is 0 Å². The molecule has 10 nitrogen and oxygen atoms in total. The van der Waals surface area contributed by atoms with Crippen molar-refractivity contribution in [3.8, 4) is 0 Å². The lowest BCUT2D eigenvalue weighted by Crippen LogP contribution is -2.50. The van der Waals surface area contributed by atoms with Crippen LogP contribution in [-0.4, -0.2) is 67.5 Å². The van der Waals surface area contributed by atoms with Gasteiger partial charge in [-0.2, -0.15) is 10.1 Å². The van der Waals surface area contributed by atoms with Crippen molar-refractivity contribution >= 4 is 34.6 Å². The summed E-state index contributed by atoms with van der Waals surface area (Å²) >= 11 is 0. The lowest BCUT2D eigenvalue weighted by molar-refractivity contribution is 0.0240. The molecule has 1 aliphatic carbocycles.